The summed E-state index contributed by atoms with van der Waals surface area (Å²) in [4.78, 5) is 17.5. The van der Waals surface area contributed by atoms with Gasteiger partial charge in [-0.15, -0.1) is 0 Å². The summed E-state index contributed by atoms with van der Waals surface area (Å²) in [5.74, 6) is 1.74. The number of nitrogens with zero attached hydrogens (tertiary/aromatic N) is 2. The average molecular weight is 518 g/mol. The van der Waals surface area contributed by atoms with Crippen LogP contribution in [-0.2, 0) is 0 Å². The molecule has 198 valence electrons. The number of nitrogens with one attached hydrogen (secondary N) is 1. The molecule has 0 bridgehead atoms. The number of allylic oxidation sites excluding steroid dienone is 1. The smallest absolute Gasteiger partial charge is 0.251 e. The highest BCUT2D eigenvalue weighted by atomic mass is 16.3. The second-order valence-corrected chi connectivity index (χ2v) is 11.1. The first-order valence-corrected chi connectivity index (χ1v) is 13.8. The van der Waals surface area contributed by atoms with E-state index in [-0.39, 0.29) is 11.8 Å². The molecule has 4 aromatic rings. The van der Waals surface area contributed by atoms with Gasteiger partial charge < -0.3 is 9.73 Å². The van der Waals surface area contributed by atoms with Gasteiger partial charge in [0.15, 0.2) is 5.58 Å². The Morgan fingerprint density at radius 2 is 1.72 bits per heavy atom. The fraction of sp³-hybridized carbons (Fsp3) is 0.324. The molecule has 0 spiro atoms. The monoisotopic (exact) mass is 517 g/mol. The standard InChI is InChI=1S/C34H35N3O2/c1-21(2)25-9-11-27(12-10-25)26-7-5-23(6-8-26)20-36-33(38)28-13-15-29(16-14-28)34-37-31-18-24(19-35)17-30(22(3)4)32(31)39-34/h9-18,22-23,26H,1,5-8,20H2,2-4H3,(H,36,38). The summed E-state index contributed by atoms with van der Waals surface area (Å²) in [6.07, 6.45) is 4.55. The number of fused-ring (bicyclic) bond motifs is 1. The Morgan fingerprint density at radius 1 is 1.05 bits per heavy atom. The fourth-order valence-electron chi connectivity index (χ4n) is 5.52. The lowest BCUT2D eigenvalue weighted by atomic mass is 9.78. The lowest BCUT2D eigenvalue weighted by molar-refractivity contribution is 0.0943. The fourth-order valence-corrected chi connectivity index (χ4v) is 5.52. The van der Waals surface area contributed by atoms with Crippen molar-refractivity contribution in [3.8, 4) is 17.5 Å². The van der Waals surface area contributed by atoms with Crippen LogP contribution in [0.3, 0.4) is 0 Å². The Morgan fingerprint density at radius 3 is 2.33 bits per heavy atom. The van der Waals surface area contributed by atoms with Gasteiger partial charge in [0.1, 0.15) is 5.52 Å². The Balaban J connectivity index is 1.17. The molecule has 1 aliphatic rings. The van der Waals surface area contributed by atoms with Crippen molar-refractivity contribution in [2.24, 2.45) is 5.92 Å². The van der Waals surface area contributed by atoms with Crippen LogP contribution in [0.2, 0.25) is 0 Å². The zero-order valence-corrected chi connectivity index (χ0v) is 23.0. The Labute approximate surface area is 230 Å². The molecule has 3 aromatic carbocycles. The van der Waals surface area contributed by atoms with E-state index in [0.29, 0.717) is 46.5 Å². The number of oxazole rings is 1. The van der Waals surface area contributed by atoms with Gasteiger partial charge in [-0.05, 0) is 97.9 Å². The highest BCUT2D eigenvalue weighted by Gasteiger charge is 2.23. The van der Waals surface area contributed by atoms with Crippen LogP contribution in [0.25, 0.3) is 28.1 Å². The van der Waals surface area contributed by atoms with Gasteiger partial charge in [0.05, 0.1) is 11.6 Å². The lowest BCUT2D eigenvalue weighted by Crippen LogP contribution is -2.31. The van der Waals surface area contributed by atoms with Crippen molar-refractivity contribution in [3.05, 3.63) is 95.1 Å². The predicted molar refractivity (Wildman–Crippen MR) is 156 cm³/mol. The van der Waals surface area contributed by atoms with E-state index in [1.807, 2.05) is 37.3 Å². The zero-order chi connectivity index (χ0) is 27.5. The van der Waals surface area contributed by atoms with Crippen LogP contribution in [0, 0.1) is 17.2 Å². The molecule has 1 saturated carbocycles. The largest absolute Gasteiger partial charge is 0.436 e. The summed E-state index contributed by atoms with van der Waals surface area (Å²) in [6, 6.07) is 22.0. The van der Waals surface area contributed by atoms with E-state index in [1.165, 1.54) is 11.1 Å². The molecule has 5 heteroatoms. The van der Waals surface area contributed by atoms with E-state index in [1.54, 1.807) is 6.07 Å². The maximum atomic E-state index is 12.9. The van der Waals surface area contributed by atoms with Gasteiger partial charge in [0.25, 0.3) is 5.91 Å². The van der Waals surface area contributed by atoms with Crippen molar-refractivity contribution < 1.29 is 9.21 Å². The van der Waals surface area contributed by atoms with Crippen LogP contribution in [0.1, 0.15) is 90.9 Å². The minimum absolute atomic E-state index is 0.0580. The highest BCUT2D eigenvalue weighted by molar-refractivity contribution is 5.94. The third-order valence-corrected chi connectivity index (χ3v) is 7.94. The molecular weight excluding hydrogens is 482 g/mol. The summed E-state index contributed by atoms with van der Waals surface area (Å²) in [5, 5.41) is 12.5. The normalized spacial score (nSPS) is 17.2. The average Bonchev–Trinajstić information content (AvgIpc) is 3.40. The van der Waals surface area contributed by atoms with Crippen molar-refractivity contribution in [3.63, 3.8) is 0 Å². The highest BCUT2D eigenvalue weighted by Crippen LogP contribution is 2.36. The number of benzene rings is 3. The topological polar surface area (TPSA) is 78.9 Å². The molecule has 1 aromatic heterocycles. The third-order valence-electron chi connectivity index (χ3n) is 7.94. The molecule has 5 rings (SSSR count). The van der Waals surface area contributed by atoms with Crippen molar-refractivity contribution in [1.82, 2.24) is 10.3 Å². The molecule has 1 amide bonds. The molecular formula is C34H35N3O2. The number of hydrogen-bond donors (Lipinski definition) is 1. The first-order chi connectivity index (χ1) is 18.8. The van der Waals surface area contributed by atoms with Crippen LogP contribution in [0.15, 0.2) is 71.7 Å². The van der Waals surface area contributed by atoms with Crippen LogP contribution >= 0.6 is 0 Å². The molecule has 0 atom stereocenters. The maximum absolute atomic E-state index is 12.9. The van der Waals surface area contributed by atoms with Gasteiger partial charge in [-0.1, -0.05) is 50.3 Å². The van der Waals surface area contributed by atoms with Crippen molar-refractivity contribution >= 4 is 22.6 Å². The molecule has 1 aliphatic carbocycles. The maximum Gasteiger partial charge on any atom is 0.251 e. The van der Waals surface area contributed by atoms with Crippen LogP contribution in [-0.4, -0.2) is 17.4 Å². The number of amides is 1. The van der Waals surface area contributed by atoms with Crippen molar-refractivity contribution in [2.75, 3.05) is 6.54 Å². The molecule has 5 nitrogen and oxygen atoms in total. The first-order valence-electron chi connectivity index (χ1n) is 13.8. The quantitative estimate of drug-likeness (QED) is 0.268. The molecule has 1 fully saturated rings. The second kappa shape index (κ2) is 11.3. The number of aromatic nitrogens is 1. The Hall–Kier alpha value is -4.17. The number of nitriles is 1. The zero-order valence-electron chi connectivity index (χ0n) is 23.0. The van der Waals surface area contributed by atoms with Gasteiger partial charge in [0, 0.05) is 23.2 Å². The minimum atomic E-state index is -0.0580. The lowest BCUT2D eigenvalue weighted by Gasteiger charge is -2.29. The van der Waals surface area contributed by atoms with E-state index in [9.17, 15) is 10.1 Å². The molecule has 0 saturated heterocycles. The van der Waals surface area contributed by atoms with Crippen LogP contribution < -0.4 is 5.32 Å². The number of carbonyl (C=O) groups excluding carboxylic acids is 1. The predicted octanol–water partition coefficient (Wildman–Crippen LogP) is 8.23. The molecule has 0 aliphatic heterocycles. The number of hydrogen-bond acceptors (Lipinski definition) is 4. The van der Waals surface area contributed by atoms with E-state index < -0.39 is 0 Å². The van der Waals surface area contributed by atoms with Crippen molar-refractivity contribution in [2.45, 2.75) is 58.3 Å². The van der Waals surface area contributed by atoms with Crippen LogP contribution in [0.4, 0.5) is 0 Å². The molecule has 0 radical (unpaired) electrons. The summed E-state index contributed by atoms with van der Waals surface area (Å²) in [7, 11) is 0. The second-order valence-electron chi connectivity index (χ2n) is 11.1. The summed E-state index contributed by atoms with van der Waals surface area (Å²) in [5.41, 5.74) is 8.04. The number of rotatable bonds is 7. The third kappa shape index (κ3) is 5.81. The summed E-state index contributed by atoms with van der Waals surface area (Å²) < 4.78 is 6.11. The van der Waals surface area contributed by atoms with E-state index >= 15 is 0 Å². The van der Waals surface area contributed by atoms with E-state index in [2.05, 4.69) is 61.1 Å². The minimum Gasteiger partial charge on any atom is -0.436 e. The summed E-state index contributed by atoms with van der Waals surface area (Å²) >= 11 is 0. The molecule has 0 unspecified atom stereocenters. The molecule has 39 heavy (non-hydrogen) atoms. The Kier molecular flexibility index (Phi) is 7.65. The molecule has 1 N–H and O–H groups in total. The molecule has 1 heterocycles. The van der Waals surface area contributed by atoms with Gasteiger partial charge >= 0.3 is 0 Å². The van der Waals surface area contributed by atoms with Crippen LogP contribution in [0.5, 0.6) is 0 Å². The van der Waals surface area contributed by atoms with E-state index in [0.717, 1.165) is 42.4 Å². The van der Waals surface area contributed by atoms with Gasteiger partial charge in [-0.25, -0.2) is 4.98 Å². The number of carbonyl (C=O) groups is 1. The first kappa shape index (κ1) is 26.4. The summed E-state index contributed by atoms with van der Waals surface area (Å²) in [6.45, 7) is 10.9. The SMILES string of the molecule is C=C(C)c1ccc(C2CCC(CNC(=O)c3ccc(-c4nc5cc(C#N)cc(C(C)C)c5o4)cc3)CC2)cc1. The van der Waals surface area contributed by atoms with Gasteiger partial charge in [-0.2, -0.15) is 5.26 Å². The Bertz CT molecular complexity index is 1530. The van der Waals surface area contributed by atoms with E-state index in [4.69, 9.17) is 4.42 Å². The van der Waals surface area contributed by atoms with Crippen molar-refractivity contribution in [1.29, 1.82) is 5.26 Å². The van der Waals surface area contributed by atoms with Gasteiger partial charge in [-0.3, -0.25) is 4.79 Å². The van der Waals surface area contributed by atoms with Gasteiger partial charge in [0.2, 0.25) is 5.89 Å².